The fourth-order valence-corrected chi connectivity index (χ4v) is 26.2. The van der Waals surface area contributed by atoms with Crippen molar-refractivity contribution >= 4 is 57.7 Å². The summed E-state index contributed by atoms with van der Waals surface area (Å²) in [5, 5.41) is 44.0. The fourth-order valence-electron chi connectivity index (χ4n) is 25.4. The topological polar surface area (TPSA) is 273 Å². The number of esters is 2. The summed E-state index contributed by atoms with van der Waals surface area (Å²) >= 11 is 0.396. The molecule has 0 aromatic rings. The number of Topliss-reactive ketones (excluding diaryl/α,β-unsaturated/α-hetero) is 2. The zero-order chi connectivity index (χ0) is 75.2. The van der Waals surface area contributed by atoms with Crippen molar-refractivity contribution in [1.29, 1.82) is 0 Å². The molecule has 4 N–H and O–H groups in total. The molecule has 0 spiro atoms. The molecule has 0 bridgehead atoms. The quantitative estimate of drug-likeness (QED) is 0.125. The van der Waals surface area contributed by atoms with Crippen LogP contribution in [-0.2, 0) is 66.8 Å². The molecule has 27 atom stereocenters. The Balaban J connectivity index is 0.000000140. The molecule has 0 aromatic heterocycles. The molecule has 2 aliphatic heterocycles. The van der Waals surface area contributed by atoms with Crippen molar-refractivity contribution in [2.45, 2.75) is 270 Å². The third-order valence-electron chi connectivity index (χ3n) is 30.1. The molecule has 12 fully saturated rings. The van der Waals surface area contributed by atoms with Crippen LogP contribution in [-0.4, -0.2) is 157 Å². The first-order chi connectivity index (χ1) is 49.0. The molecule has 2 heterocycles. The van der Waals surface area contributed by atoms with Gasteiger partial charge in [-0.15, -0.1) is 0 Å². The Kier molecular flexibility index (Phi) is 20.6. The van der Waals surface area contributed by atoms with E-state index >= 15 is 8.78 Å². The Labute approximate surface area is 613 Å². The Hall–Kier alpha value is -4.78. The van der Waals surface area contributed by atoms with Crippen LogP contribution in [0.5, 0.6) is 0 Å². The first-order valence-corrected chi connectivity index (χ1v) is 39.7. The van der Waals surface area contributed by atoms with Crippen LogP contribution in [0.3, 0.4) is 0 Å². The SMILES string of the molecule is CC(C)C(=O)OCC(=O)[C@@]12O[C@H](C3CCCCC3)O[C@@H]1CC1C3CCC4=CC(=O)C=C[C@]4(C)C3[C@@H](O)C[C@@]12C.CCC(=O)O[C@]1(C(=O)SCF)[C@H](C)C[C@H]2[C@@H]3C[C@H](F)C4=CC(=O)C=C[C@]4(C)[C@@]3(F)[C@@H](O)C[C@@]21C.CCC[C@@H]1O[C@@H]2CC3C4CCC5=CC(=O)C=C[C@]5(C)C4[C@@H](O)C[C@]3(C)[C@]2(C(=O)CO)O1. The lowest BCUT2D eigenvalue weighted by Crippen LogP contribution is -2.70. The van der Waals surface area contributed by atoms with Gasteiger partial charge in [-0.25, -0.2) is 13.2 Å². The van der Waals surface area contributed by atoms with Gasteiger partial charge in [0.25, 0.3) is 0 Å². The summed E-state index contributed by atoms with van der Waals surface area (Å²) in [6, 6.07) is -1.02. The number of thioether (sulfide) groups is 1. The van der Waals surface area contributed by atoms with E-state index in [4.69, 9.17) is 28.4 Å². The number of halogens is 3. The van der Waals surface area contributed by atoms with E-state index in [9.17, 15) is 63.2 Å². The van der Waals surface area contributed by atoms with Gasteiger partial charge in [0.2, 0.25) is 10.9 Å². The summed E-state index contributed by atoms with van der Waals surface area (Å²) in [6.45, 7) is 19.6. The number of allylic oxidation sites excluding steroid dienone is 12. The van der Waals surface area contributed by atoms with Gasteiger partial charge in [0.1, 0.15) is 18.8 Å². The lowest BCUT2D eigenvalue weighted by Gasteiger charge is -2.63. The molecular weight excluding hydrogens is 1360 g/mol. The summed E-state index contributed by atoms with van der Waals surface area (Å²) in [5.74, 6) is -3.74. The molecule has 6 unspecified atom stereocenters. The van der Waals surface area contributed by atoms with E-state index in [-0.39, 0.29) is 119 Å². The molecule has 15 aliphatic rings. The van der Waals surface area contributed by atoms with Crippen molar-refractivity contribution in [3.63, 3.8) is 0 Å². The van der Waals surface area contributed by atoms with Gasteiger partial charge < -0.3 is 48.8 Å². The number of ether oxygens (including phenoxy) is 6. The van der Waals surface area contributed by atoms with Crippen LogP contribution >= 0.6 is 11.8 Å². The Morgan fingerprint density at radius 1 is 0.673 bits per heavy atom. The third kappa shape index (κ3) is 11.1. The van der Waals surface area contributed by atoms with Crippen molar-refractivity contribution in [3.05, 3.63) is 71.4 Å². The van der Waals surface area contributed by atoms with Crippen molar-refractivity contribution in [1.82, 2.24) is 0 Å². The van der Waals surface area contributed by atoms with E-state index in [2.05, 4.69) is 34.6 Å². The summed E-state index contributed by atoms with van der Waals surface area (Å²) < 4.78 is 83.5. The van der Waals surface area contributed by atoms with Crippen molar-refractivity contribution in [2.75, 3.05) is 19.2 Å². The van der Waals surface area contributed by atoms with Crippen LogP contribution < -0.4 is 0 Å². The molecule has 104 heavy (non-hydrogen) atoms. The Morgan fingerprint density at radius 2 is 1.22 bits per heavy atom. The van der Waals surface area contributed by atoms with Crippen LogP contribution in [0.25, 0.3) is 0 Å². The average molecular weight is 1470 g/mol. The highest BCUT2D eigenvalue weighted by Crippen LogP contribution is 2.75. The summed E-state index contributed by atoms with van der Waals surface area (Å²) in [7, 11) is 0. The van der Waals surface area contributed by atoms with Gasteiger partial charge >= 0.3 is 11.9 Å². The number of carbonyl (C=O) groups is 8. The Bertz CT molecular complexity index is 3690. The number of ketones is 5. The number of alkyl halides is 3. The summed E-state index contributed by atoms with van der Waals surface area (Å²) in [6.07, 6.45) is 20.6. The van der Waals surface area contributed by atoms with E-state index in [1.54, 1.807) is 58.9 Å². The number of rotatable bonds is 13. The Morgan fingerprint density at radius 3 is 1.76 bits per heavy atom. The predicted octanol–water partition coefficient (Wildman–Crippen LogP) is 11.9. The molecule has 0 aromatic carbocycles. The van der Waals surface area contributed by atoms with E-state index in [1.165, 1.54) is 25.5 Å². The first-order valence-electron chi connectivity index (χ1n) is 38.7. The second-order valence-electron chi connectivity index (χ2n) is 35.2. The maximum Gasteiger partial charge on any atom is 0.308 e. The summed E-state index contributed by atoms with van der Waals surface area (Å²) in [4.78, 5) is 102. The van der Waals surface area contributed by atoms with Crippen molar-refractivity contribution in [2.24, 2.45) is 97.6 Å². The maximum atomic E-state index is 17.2. The number of aliphatic hydroxyl groups is 4. The highest BCUT2D eigenvalue weighted by Gasteiger charge is 2.81. The third-order valence-corrected chi connectivity index (χ3v) is 30.8. The largest absolute Gasteiger partial charge is 0.457 e. The minimum absolute atomic E-state index is 0.0125. The monoisotopic (exact) mass is 1470 g/mol. The maximum absolute atomic E-state index is 17.2. The number of fused-ring (bicyclic) bond motifs is 19. The van der Waals surface area contributed by atoms with Crippen molar-refractivity contribution in [3.8, 4) is 0 Å². The molecule has 2 saturated heterocycles. The standard InChI is InChI=1S/C32H44O7.C25H31F3O5S.C25H34O6/c1-18(2)28(36)37-17-25(35)32-26(38-29(39-32)19-8-6-5-7-9-19)15-23-22-11-10-20-14-21(33)12-13-30(20,3)27(22)24(34)16-31(23,32)4;1-5-20(31)33-25(21(32)34-12-26)13(2)8-15-16-10-18(27)17-9-14(29)6-7-22(17,3)24(16,28)19(30)11-23(15,25)4;1-4-5-21-30-20-11-17-16-7-6-14-10-15(27)8-9-23(14,2)22(16)18(28)12-24(17,3)25(20,31-21)19(29)13-26/h12-14,18-19,22-24,26-27,29,34H,5-11,15-17H2,1-4H3;6-7,9,13,15-16,18-19,30H,5,8,10-12H2,1-4H3;8-10,16-18,20-22,26,28H,4-7,11-13H2,1-3H3/t22?,23?,24-,26+,27?,29+,30-,31-,32+;13-,15+,16+,18+,19+,22+,23+,24+,25+;16?,17?,18-,20+,21+,22?,23-,24-,25+/m010/s1. The van der Waals surface area contributed by atoms with E-state index in [0.29, 0.717) is 43.9 Å². The zero-order valence-corrected chi connectivity index (χ0v) is 63.1. The van der Waals surface area contributed by atoms with Gasteiger partial charge in [-0.05, 0) is 180 Å². The summed E-state index contributed by atoms with van der Waals surface area (Å²) in [5.41, 5.74) is -9.08. The highest BCUT2D eigenvalue weighted by atomic mass is 32.2. The van der Waals surface area contributed by atoms with Crippen LogP contribution in [0, 0.1) is 97.6 Å². The van der Waals surface area contributed by atoms with E-state index in [1.807, 2.05) is 12.2 Å². The highest BCUT2D eigenvalue weighted by molar-refractivity contribution is 8.13. The zero-order valence-electron chi connectivity index (χ0n) is 62.3. The van der Waals surface area contributed by atoms with Crippen molar-refractivity contribution < 1.29 is 100 Å². The molecule has 18 nitrogen and oxygen atoms in total. The van der Waals surface area contributed by atoms with Gasteiger partial charge in [-0.3, -0.25) is 38.4 Å². The number of hydrogen-bond donors (Lipinski definition) is 4. The molecule has 22 heteroatoms. The van der Waals surface area contributed by atoms with Gasteiger partial charge in [0.15, 0.2) is 64.8 Å². The molecule has 15 rings (SSSR count). The minimum Gasteiger partial charge on any atom is -0.457 e. The normalized spacial score (nSPS) is 47.5. The smallest absolute Gasteiger partial charge is 0.308 e. The van der Waals surface area contributed by atoms with Crippen LogP contribution in [0.4, 0.5) is 13.2 Å². The number of aliphatic hydroxyl groups excluding tert-OH is 4. The number of hydrogen-bond acceptors (Lipinski definition) is 19. The molecule has 13 aliphatic carbocycles. The van der Waals surface area contributed by atoms with Gasteiger partial charge in [0.05, 0.1) is 36.4 Å². The van der Waals surface area contributed by atoms with Crippen LogP contribution in [0.15, 0.2) is 71.4 Å². The fraction of sp³-hybridized carbons (Fsp3) is 0.756. The lowest BCUT2D eigenvalue weighted by molar-refractivity contribution is -0.228. The first kappa shape index (κ1) is 77.4. The second kappa shape index (κ2) is 27.7. The van der Waals surface area contributed by atoms with Gasteiger partial charge in [-0.1, -0.05) is 124 Å². The molecule has 572 valence electrons. The molecule has 0 amide bonds. The molecule has 0 radical (unpaired) electrons. The molecule has 10 saturated carbocycles. The van der Waals surface area contributed by atoms with Gasteiger partial charge in [0, 0.05) is 68.5 Å². The minimum atomic E-state index is -2.30. The van der Waals surface area contributed by atoms with Gasteiger partial charge in [-0.2, -0.15) is 0 Å². The van der Waals surface area contributed by atoms with Crippen LogP contribution in [0.2, 0.25) is 0 Å². The van der Waals surface area contributed by atoms with E-state index in [0.717, 1.165) is 75.0 Å². The number of carbonyl (C=O) groups excluding carboxylic acids is 8. The molecular formula is C82H109F3O18S. The van der Waals surface area contributed by atoms with Crippen LogP contribution in [0.1, 0.15) is 198 Å². The van der Waals surface area contributed by atoms with E-state index < -0.39 is 147 Å². The predicted molar refractivity (Wildman–Crippen MR) is 377 cm³/mol. The average Bonchev–Trinajstić information content (AvgIpc) is 1.39. The second-order valence-corrected chi connectivity index (χ2v) is 36.1. The lowest BCUT2D eigenvalue weighted by atomic mass is 9.44.